The van der Waals surface area contributed by atoms with Crippen molar-refractivity contribution in [1.82, 2.24) is 9.13 Å². The molecule has 252 valence electrons. The summed E-state index contributed by atoms with van der Waals surface area (Å²) in [7, 11) is 1.46. The van der Waals surface area contributed by atoms with E-state index in [0.717, 1.165) is 0 Å². The lowest BCUT2D eigenvalue weighted by atomic mass is 9.94. The zero-order valence-electron chi connectivity index (χ0n) is 29.9. The highest BCUT2D eigenvalue weighted by atomic mass is 28.3. The van der Waals surface area contributed by atoms with E-state index in [1.165, 1.54) is 86.6 Å². The van der Waals surface area contributed by atoms with Crippen LogP contribution in [0.3, 0.4) is 0 Å². The predicted octanol–water partition coefficient (Wildman–Crippen LogP) is 9.69. The molecule has 0 amide bonds. The lowest BCUT2D eigenvalue weighted by Gasteiger charge is -2.36. The quantitative estimate of drug-likeness (QED) is 0.121. The summed E-state index contributed by atoms with van der Waals surface area (Å²) in [6.45, 7) is 0. The Morgan fingerprint density at radius 3 is 1.40 bits per heavy atom. The summed E-state index contributed by atoms with van der Waals surface area (Å²) in [4.78, 5) is 0. The Labute approximate surface area is 310 Å². The second kappa shape index (κ2) is 12.4. The van der Waals surface area contributed by atoms with Gasteiger partial charge in [-0.05, 0) is 67.3 Å². The van der Waals surface area contributed by atoms with E-state index in [0.29, 0.717) is 0 Å². The number of aromatic nitrogens is 2. The summed E-state index contributed by atoms with van der Waals surface area (Å²) in [6.07, 6.45) is 0. The fraction of sp³-hybridized carbons (Fsp3) is 0.0400. The molecule has 0 aliphatic rings. The maximum atomic E-state index is 2.50. The fourth-order valence-electron chi connectivity index (χ4n) is 9.08. The molecule has 2 nitrogen and oxygen atoms in total. The zero-order valence-corrected chi connectivity index (χ0v) is 30.9. The largest absolute Gasteiger partial charge is 0.344 e. The van der Waals surface area contributed by atoms with Crippen molar-refractivity contribution in [2.24, 2.45) is 14.1 Å². The SMILES string of the molecule is Cn1c2ccccc2c2ccc(-c3ccccc3-c3ccccc3[Si](c3ccccc3)(c3ccccc3)c3ccc4c5ccccc5n(C)c4c3)cc21. The number of hydrogen-bond acceptors (Lipinski definition) is 0. The van der Waals surface area contributed by atoms with Crippen molar-refractivity contribution in [3.63, 3.8) is 0 Å². The van der Waals surface area contributed by atoms with Crippen LogP contribution in [0.4, 0.5) is 0 Å². The second-order valence-electron chi connectivity index (χ2n) is 14.2. The lowest BCUT2D eigenvalue weighted by Crippen LogP contribution is -2.75. The summed E-state index contributed by atoms with van der Waals surface area (Å²) in [6, 6.07) is 72.6. The van der Waals surface area contributed by atoms with Crippen LogP contribution in [0.2, 0.25) is 0 Å². The highest BCUT2D eigenvalue weighted by Gasteiger charge is 2.43. The molecule has 0 atom stereocenters. The number of aryl methyl sites for hydroxylation is 2. The van der Waals surface area contributed by atoms with Crippen LogP contribution >= 0.6 is 0 Å². The minimum Gasteiger partial charge on any atom is -0.344 e. The van der Waals surface area contributed by atoms with Crippen molar-refractivity contribution < 1.29 is 0 Å². The van der Waals surface area contributed by atoms with Gasteiger partial charge in [-0.3, -0.25) is 0 Å². The van der Waals surface area contributed by atoms with Crippen molar-refractivity contribution in [3.05, 3.63) is 194 Å². The van der Waals surface area contributed by atoms with E-state index in [1.807, 2.05) is 0 Å². The molecule has 8 aromatic carbocycles. The van der Waals surface area contributed by atoms with Crippen LogP contribution in [-0.2, 0) is 14.1 Å². The zero-order chi connectivity index (χ0) is 35.5. The van der Waals surface area contributed by atoms with E-state index in [2.05, 4.69) is 217 Å². The number of rotatable bonds is 6. The monoisotopic (exact) mass is 694 g/mol. The van der Waals surface area contributed by atoms with Gasteiger partial charge < -0.3 is 9.13 Å². The van der Waals surface area contributed by atoms with Gasteiger partial charge in [0.05, 0.1) is 0 Å². The smallest absolute Gasteiger partial charge is 0.180 e. The van der Waals surface area contributed by atoms with Crippen LogP contribution in [0.1, 0.15) is 0 Å². The van der Waals surface area contributed by atoms with Crippen molar-refractivity contribution >= 4 is 72.4 Å². The van der Waals surface area contributed by atoms with Crippen LogP contribution in [-0.4, -0.2) is 17.2 Å². The number of hydrogen-bond donors (Lipinski definition) is 0. The van der Waals surface area contributed by atoms with Gasteiger partial charge in [0.15, 0.2) is 8.07 Å². The molecule has 0 radical (unpaired) electrons. The Morgan fingerprint density at radius 2 is 0.774 bits per heavy atom. The standard InChI is InChI=1S/C50H38N2Si/c1-51-46-26-14-11-23-41(46)43-31-29-35(33-48(43)51)39-21-9-10-22-40(39)45-25-13-16-28-50(45)53(36-17-5-3-6-18-36,37-19-7-4-8-20-37)38-30-32-44-42-24-12-15-27-47(42)52(2)49(44)34-38/h3-34H,1-2H3. The lowest BCUT2D eigenvalue weighted by molar-refractivity contribution is 1.01. The Hall–Kier alpha value is -6.42. The first-order valence-electron chi connectivity index (χ1n) is 18.4. The average molecular weight is 695 g/mol. The van der Waals surface area contributed by atoms with Gasteiger partial charge >= 0.3 is 0 Å². The molecule has 0 spiro atoms. The third-order valence-corrected chi connectivity index (χ3v) is 16.4. The molecule has 0 fully saturated rings. The molecule has 10 rings (SSSR count). The highest BCUT2D eigenvalue weighted by molar-refractivity contribution is 7.20. The van der Waals surface area contributed by atoms with Gasteiger partial charge in [-0.1, -0.05) is 170 Å². The van der Waals surface area contributed by atoms with E-state index in [1.54, 1.807) is 0 Å². The topological polar surface area (TPSA) is 9.86 Å². The van der Waals surface area contributed by atoms with E-state index in [4.69, 9.17) is 0 Å². The van der Waals surface area contributed by atoms with Crippen molar-refractivity contribution in [2.45, 2.75) is 0 Å². The molecule has 3 heteroatoms. The first-order chi connectivity index (χ1) is 26.1. The molecule has 0 N–H and O–H groups in total. The maximum absolute atomic E-state index is 2.93. The Balaban J connectivity index is 1.27. The minimum atomic E-state index is -2.93. The van der Waals surface area contributed by atoms with Gasteiger partial charge in [-0.2, -0.15) is 0 Å². The Bertz CT molecular complexity index is 2930. The van der Waals surface area contributed by atoms with Crippen LogP contribution < -0.4 is 20.7 Å². The molecule has 0 aliphatic carbocycles. The Morgan fingerprint density at radius 1 is 0.321 bits per heavy atom. The van der Waals surface area contributed by atoms with Gasteiger partial charge in [0.2, 0.25) is 0 Å². The number of fused-ring (bicyclic) bond motifs is 6. The molecule has 0 saturated carbocycles. The average Bonchev–Trinajstić information content (AvgIpc) is 3.68. The molecular weight excluding hydrogens is 657 g/mol. The van der Waals surface area contributed by atoms with Gasteiger partial charge in [0.25, 0.3) is 0 Å². The van der Waals surface area contributed by atoms with Gasteiger partial charge in [0, 0.05) is 57.7 Å². The van der Waals surface area contributed by atoms with Gasteiger partial charge in [-0.25, -0.2) is 0 Å². The number of benzene rings is 8. The summed E-state index contributed by atoms with van der Waals surface area (Å²) in [5.41, 5.74) is 9.98. The van der Waals surface area contributed by atoms with Crippen molar-refractivity contribution in [2.75, 3.05) is 0 Å². The molecular formula is C50H38N2Si. The molecule has 53 heavy (non-hydrogen) atoms. The Kier molecular flexibility index (Phi) is 7.31. The van der Waals surface area contributed by atoms with Crippen LogP contribution in [0.25, 0.3) is 65.9 Å². The first kappa shape index (κ1) is 31.3. The molecule has 2 aromatic heterocycles. The molecule has 0 aliphatic heterocycles. The molecule has 10 aromatic rings. The second-order valence-corrected chi connectivity index (χ2v) is 18.0. The molecule has 0 unspecified atom stereocenters. The molecule has 0 bridgehead atoms. The van der Waals surface area contributed by atoms with E-state index in [-0.39, 0.29) is 0 Å². The highest BCUT2D eigenvalue weighted by Crippen LogP contribution is 2.37. The first-order valence-corrected chi connectivity index (χ1v) is 20.4. The third-order valence-electron chi connectivity index (χ3n) is 11.5. The number of para-hydroxylation sites is 2. The van der Waals surface area contributed by atoms with Gasteiger partial charge in [0.1, 0.15) is 0 Å². The van der Waals surface area contributed by atoms with E-state index < -0.39 is 8.07 Å². The predicted molar refractivity (Wildman–Crippen MR) is 229 cm³/mol. The molecule has 0 saturated heterocycles. The minimum absolute atomic E-state index is 1.22. The fourth-order valence-corrected chi connectivity index (χ4v) is 14.1. The van der Waals surface area contributed by atoms with Crippen molar-refractivity contribution in [1.29, 1.82) is 0 Å². The summed E-state index contributed by atoms with van der Waals surface area (Å²) in [5, 5.41) is 10.6. The van der Waals surface area contributed by atoms with Crippen LogP contribution in [0.15, 0.2) is 194 Å². The number of nitrogens with zero attached hydrogens (tertiary/aromatic N) is 2. The van der Waals surface area contributed by atoms with E-state index in [9.17, 15) is 0 Å². The third kappa shape index (κ3) is 4.71. The van der Waals surface area contributed by atoms with Crippen LogP contribution in [0.5, 0.6) is 0 Å². The summed E-state index contributed by atoms with van der Waals surface area (Å²) in [5.74, 6) is 0. The van der Waals surface area contributed by atoms with E-state index >= 15 is 0 Å². The maximum Gasteiger partial charge on any atom is 0.180 e. The summed E-state index contributed by atoms with van der Waals surface area (Å²) < 4.78 is 4.70. The normalized spacial score (nSPS) is 12.0. The van der Waals surface area contributed by atoms with Gasteiger partial charge in [-0.15, -0.1) is 0 Å². The summed E-state index contributed by atoms with van der Waals surface area (Å²) >= 11 is 0. The van der Waals surface area contributed by atoms with Crippen molar-refractivity contribution in [3.8, 4) is 22.3 Å². The molecule has 2 heterocycles. The van der Waals surface area contributed by atoms with Crippen LogP contribution in [0, 0.1) is 0 Å².